The van der Waals surface area contributed by atoms with Crippen molar-refractivity contribution >= 4 is 53.7 Å². The highest BCUT2D eigenvalue weighted by Gasteiger charge is 2.26. The quantitative estimate of drug-likeness (QED) is 0.618. The molecule has 3 rings (SSSR count). The lowest BCUT2D eigenvalue weighted by molar-refractivity contribution is 0.00860. The zero-order chi connectivity index (χ0) is 19.1. The molecular weight excluding hydrogens is 435 g/mol. The van der Waals surface area contributed by atoms with Gasteiger partial charge in [-0.05, 0) is 49.4 Å². The van der Waals surface area contributed by atoms with Gasteiger partial charge in [-0.15, -0.1) is 36.2 Å². The number of hydrogen-bond acceptors (Lipinski definition) is 6. The molecule has 2 aromatic heterocycles. The van der Waals surface area contributed by atoms with E-state index >= 15 is 0 Å². The van der Waals surface area contributed by atoms with Gasteiger partial charge < -0.3 is 20.7 Å². The minimum atomic E-state index is -0.253. The first kappa shape index (κ1) is 25.3. The molecule has 0 aliphatic carbocycles. The maximum absolute atomic E-state index is 12.9. The number of hydrogen-bond donors (Lipinski definition) is 2. The van der Waals surface area contributed by atoms with E-state index in [1.165, 1.54) is 11.3 Å². The number of rotatable bonds is 7. The smallest absolute Gasteiger partial charge is 0.266 e. The number of pyridine rings is 1. The van der Waals surface area contributed by atoms with Crippen molar-refractivity contribution in [3.63, 3.8) is 0 Å². The van der Waals surface area contributed by atoms with E-state index in [0.717, 1.165) is 19.3 Å². The molecule has 3 heterocycles. The van der Waals surface area contributed by atoms with Gasteiger partial charge >= 0.3 is 0 Å². The van der Waals surface area contributed by atoms with Crippen molar-refractivity contribution in [2.75, 3.05) is 31.6 Å². The number of ether oxygens (including phenoxy) is 1. The Balaban J connectivity index is 0.00000210. The van der Waals surface area contributed by atoms with Crippen molar-refractivity contribution in [1.82, 2.24) is 9.88 Å². The van der Waals surface area contributed by atoms with Gasteiger partial charge in [0, 0.05) is 37.7 Å². The number of carbonyl (C=O) groups excluding carboxylic acids is 2. The van der Waals surface area contributed by atoms with E-state index in [9.17, 15) is 9.59 Å². The fraction of sp³-hybridized carbons (Fsp3) is 0.421. The van der Waals surface area contributed by atoms with Gasteiger partial charge in [0.2, 0.25) is 0 Å². The standard InChI is InChI=1S/C19H24N4O3S.2ClH/c20-7-1-12-26-15-4-10-23(11-5-15)19(25)17-16(6-13-27-17)22-18(24)14-2-8-21-9-3-14;;/h2-3,6,8-9,13,15H,1,4-5,7,10-12,20H2,(H,22,24);2*1H. The Labute approximate surface area is 186 Å². The van der Waals surface area contributed by atoms with Gasteiger partial charge in [-0.3, -0.25) is 14.6 Å². The third-order valence-electron chi connectivity index (χ3n) is 4.48. The maximum Gasteiger partial charge on any atom is 0.266 e. The summed E-state index contributed by atoms with van der Waals surface area (Å²) >= 11 is 1.34. The molecule has 0 unspecified atom stereocenters. The molecule has 160 valence electrons. The van der Waals surface area contributed by atoms with Gasteiger partial charge in [0.05, 0.1) is 11.8 Å². The van der Waals surface area contributed by atoms with Crippen molar-refractivity contribution in [3.05, 3.63) is 46.4 Å². The fourth-order valence-electron chi connectivity index (χ4n) is 2.97. The second kappa shape index (κ2) is 12.8. The molecule has 0 saturated carbocycles. The SMILES string of the molecule is Cl.Cl.NCCCOC1CCN(C(=O)c2sccc2NC(=O)c2ccncc2)CC1. The molecule has 0 radical (unpaired) electrons. The number of carbonyl (C=O) groups is 2. The lowest BCUT2D eigenvalue weighted by atomic mass is 10.1. The average Bonchev–Trinajstić information content (AvgIpc) is 3.17. The molecule has 10 heteroatoms. The first-order chi connectivity index (χ1) is 13.2. The number of amides is 2. The Hall–Kier alpha value is -1.71. The molecular formula is C19H26Cl2N4O3S. The summed E-state index contributed by atoms with van der Waals surface area (Å²) in [5.41, 5.74) is 6.53. The van der Waals surface area contributed by atoms with Gasteiger partial charge in [-0.1, -0.05) is 0 Å². The number of nitrogens with one attached hydrogen (secondary N) is 1. The summed E-state index contributed by atoms with van der Waals surface area (Å²) in [7, 11) is 0. The van der Waals surface area contributed by atoms with E-state index in [0.29, 0.717) is 42.4 Å². The molecule has 0 aromatic carbocycles. The van der Waals surface area contributed by atoms with E-state index in [4.69, 9.17) is 10.5 Å². The van der Waals surface area contributed by atoms with Crippen LogP contribution in [0.25, 0.3) is 0 Å². The number of nitrogens with zero attached hydrogens (tertiary/aromatic N) is 2. The Morgan fingerprint density at radius 1 is 1.21 bits per heavy atom. The highest BCUT2D eigenvalue weighted by atomic mass is 35.5. The van der Waals surface area contributed by atoms with Gasteiger partial charge in [-0.25, -0.2) is 0 Å². The molecule has 29 heavy (non-hydrogen) atoms. The van der Waals surface area contributed by atoms with Crippen molar-refractivity contribution in [2.24, 2.45) is 5.73 Å². The van der Waals surface area contributed by atoms with Crippen molar-refractivity contribution in [2.45, 2.75) is 25.4 Å². The Bertz CT molecular complexity index is 768. The van der Waals surface area contributed by atoms with Crippen LogP contribution in [0.3, 0.4) is 0 Å². The van der Waals surface area contributed by atoms with Crippen LogP contribution in [0.15, 0.2) is 36.0 Å². The molecule has 0 atom stereocenters. The lowest BCUT2D eigenvalue weighted by Crippen LogP contribution is -2.41. The molecule has 3 N–H and O–H groups in total. The van der Waals surface area contributed by atoms with Crippen LogP contribution in [0.5, 0.6) is 0 Å². The predicted octanol–water partition coefficient (Wildman–Crippen LogP) is 3.21. The largest absolute Gasteiger partial charge is 0.378 e. The zero-order valence-corrected chi connectivity index (χ0v) is 18.4. The number of piperidine rings is 1. The maximum atomic E-state index is 12.9. The molecule has 2 aromatic rings. The zero-order valence-electron chi connectivity index (χ0n) is 15.9. The van der Waals surface area contributed by atoms with E-state index in [2.05, 4.69) is 10.3 Å². The summed E-state index contributed by atoms with van der Waals surface area (Å²) in [6, 6.07) is 5.04. The Morgan fingerprint density at radius 2 is 1.90 bits per heavy atom. The average molecular weight is 461 g/mol. The molecule has 7 nitrogen and oxygen atoms in total. The van der Waals surface area contributed by atoms with Gasteiger partial charge in [0.1, 0.15) is 4.88 Å². The summed E-state index contributed by atoms with van der Waals surface area (Å²) in [6.07, 6.45) is 5.81. The van der Waals surface area contributed by atoms with Crippen LogP contribution in [-0.2, 0) is 4.74 Å². The Kier molecular flexibility index (Phi) is 11.2. The summed E-state index contributed by atoms with van der Waals surface area (Å²) < 4.78 is 5.79. The molecule has 2 amide bonds. The van der Waals surface area contributed by atoms with Crippen molar-refractivity contribution in [1.29, 1.82) is 0 Å². The third kappa shape index (κ3) is 6.94. The van der Waals surface area contributed by atoms with E-state index < -0.39 is 0 Å². The second-order valence-electron chi connectivity index (χ2n) is 6.36. The van der Waals surface area contributed by atoms with Crippen LogP contribution in [0.4, 0.5) is 5.69 Å². The van der Waals surface area contributed by atoms with E-state index in [1.807, 2.05) is 10.3 Å². The number of nitrogens with two attached hydrogens (primary N) is 1. The van der Waals surface area contributed by atoms with Gasteiger partial charge in [0.15, 0.2) is 0 Å². The van der Waals surface area contributed by atoms with Crippen LogP contribution >= 0.6 is 36.2 Å². The topological polar surface area (TPSA) is 97.5 Å². The van der Waals surface area contributed by atoms with Crippen LogP contribution in [-0.4, -0.2) is 54.0 Å². The summed E-state index contributed by atoms with van der Waals surface area (Å²) in [5, 5.41) is 4.65. The van der Waals surface area contributed by atoms with E-state index in [1.54, 1.807) is 30.6 Å². The first-order valence-electron chi connectivity index (χ1n) is 9.09. The predicted molar refractivity (Wildman–Crippen MR) is 120 cm³/mol. The van der Waals surface area contributed by atoms with E-state index in [-0.39, 0.29) is 42.7 Å². The van der Waals surface area contributed by atoms with Crippen LogP contribution < -0.4 is 11.1 Å². The minimum Gasteiger partial charge on any atom is -0.378 e. The molecule has 0 bridgehead atoms. The Morgan fingerprint density at radius 3 is 2.55 bits per heavy atom. The normalized spacial score (nSPS) is 13.9. The number of likely N-dealkylation sites (tertiary alicyclic amines) is 1. The lowest BCUT2D eigenvalue weighted by Gasteiger charge is -2.32. The second-order valence-corrected chi connectivity index (χ2v) is 7.27. The fourth-order valence-corrected chi connectivity index (χ4v) is 3.79. The van der Waals surface area contributed by atoms with Crippen molar-refractivity contribution in [3.8, 4) is 0 Å². The monoisotopic (exact) mass is 460 g/mol. The number of thiophene rings is 1. The van der Waals surface area contributed by atoms with Gasteiger partial charge in [-0.2, -0.15) is 0 Å². The highest BCUT2D eigenvalue weighted by Crippen LogP contribution is 2.26. The molecule has 1 aliphatic rings. The third-order valence-corrected chi connectivity index (χ3v) is 5.38. The molecule has 1 saturated heterocycles. The highest BCUT2D eigenvalue weighted by molar-refractivity contribution is 7.12. The molecule has 1 aliphatic heterocycles. The minimum absolute atomic E-state index is 0. The molecule has 1 fully saturated rings. The molecule has 0 spiro atoms. The van der Waals surface area contributed by atoms with Crippen LogP contribution in [0.2, 0.25) is 0 Å². The van der Waals surface area contributed by atoms with Gasteiger partial charge in [0.25, 0.3) is 11.8 Å². The first-order valence-corrected chi connectivity index (χ1v) is 9.97. The summed E-state index contributed by atoms with van der Waals surface area (Å²) in [6.45, 7) is 2.61. The number of aromatic nitrogens is 1. The van der Waals surface area contributed by atoms with Crippen LogP contribution in [0.1, 0.15) is 39.3 Å². The number of halogens is 2. The summed E-state index contributed by atoms with van der Waals surface area (Å²) in [5.74, 6) is -0.299. The number of anilines is 1. The summed E-state index contributed by atoms with van der Waals surface area (Å²) in [4.78, 5) is 31.5. The van der Waals surface area contributed by atoms with Crippen molar-refractivity contribution < 1.29 is 14.3 Å². The van der Waals surface area contributed by atoms with Crippen LogP contribution in [0, 0.1) is 0 Å².